The Bertz CT molecular complexity index is 236. The maximum absolute atomic E-state index is 5.79. The van der Waals surface area contributed by atoms with Crippen LogP contribution in [0.5, 0.6) is 0 Å². The average Bonchev–Trinajstić information content (AvgIpc) is 2.48. The molecular weight excluding hydrogens is 300 g/mol. The molecule has 4 heteroatoms. The monoisotopic (exact) mass is 310 g/mol. The molecule has 0 amide bonds. The summed E-state index contributed by atoms with van der Waals surface area (Å²) in [6.45, 7) is 1.53. The van der Waals surface area contributed by atoms with Crippen LogP contribution in [0.3, 0.4) is 0 Å². The zero-order chi connectivity index (χ0) is 9.10. The molecular formula is C9H12Br2O2. The van der Waals surface area contributed by atoms with E-state index in [0.29, 0.717) is 11.8 Å². The van der Waals surface area contributed by atoms with E-state index in [2.05, 4.69) is 31.9 Å². The van der Waals surface area contributed by atoms with Gasteiger partial charge in [-0.2, -0.15) is 0 Å². The van der Waals surface area contributed by atoms with Gasteiger partial charge in [-0.3, -0.25) is 0 Å². The van der Waals surface area contributed by atoms with Gasteiger partial charge in [0.1, 0.15) is 0 Å². The molecule has 3 aliphatic rings. The number of ether oxygens (including phenoxy) is 2. The van der Waals surface area contributed by atoms with Crippen LogP contribution in [-0.2, 0) is 9.47 Å². The lowest BCUT2D eigenvalue weighted by Gasteiger charge is -2.31. The summed E-state index contributed by atoms with van der Waals surface area (Å²) in [6.07, 6.45) is 3.57. The fraction of sp³-hybridized carbons (Fsp3) is 1.00. The third-order valence-corrected chi connectivity index (χ3v) is 5.66. The molecule has 1 spiro atoms. The largest absolute Gasteiger partial charge is 0.347 e. The summed E-state index contributed by atoms with van der Waals surface area (Å²) in [5.41, 5.74) is 0. The van der Waals surface area contributed by atoms with Crippen LogP contribution in [-0.4, -0.2) is 22.2 Å². The number of rotatable bonds is 0. The summed E-state index contributed by atoms with van der Waals surface area (Å²) in [4.78, 5) is 0. The van der Waals surface area contributed by atoms with Crippen LogP contribution in [0.2, 0.25) is 0 Å². The van der Waals surface area contributed by atoms with E-state index in [1.54, 1.807) is 0 Å². The molecule has 0 radical (unpaired) electrons. The Morgan fingerprint density at radius 1 is 1.15 bits per heavy atom. The summed E-state index contributed by atoms with van der Waals surface area (Å²) in [5, 5.41) is 0. The highest BCUT2D eigenvalue weighted by Crippen LogP contribution is 2.71. The molecule has 0 aromatic heterocycles. The van der Waals surface area contributed by atoms with Gasteiger partial charge in [-0.15, -0.1) is 0 Å². The van der Waals surface area contributed by atoms with Crippen molar-refractivity contribution in [2.75, 3.05) is 13.2 Å². The number of halogens is 2. The van der Waals surface area contributed by atoms with Crippen LogP contribution >= 0.6 is 31.9 Å². The van der Waals surface area contributed by atoms with E-state index in [1.807, 2.05) is 0 Å². The number of alkyl halides is 2. The van der Waals surface area contributed by atoms with E-state index in [4.69, 9.17) is 9.47 Å². The number of hydrogen-bond acceptors (Lipinski definition) is 2. The lowest BCUT2D eigenvalue weighted by atomic mass is 9.94. The summed E-state index contributed by atoms with van der Waals surface area (Å²) in [5.74, 6) is 0.950. The molecule has 2 saturated carbocycles. The first kappa shape index (κ1) is 9.13. The molecule has 0 unspecified atom stereocenters. The smallest absolute Gasteiger partial charge is 0.173 e. The molecule has 0 bridgehead atoms. The Labute approximate surface area is 94.6 Å². The lowest BCUT2D eigenvalue weighted by molar-refractivity contribution is -0.188. The van der Waals surface area contributed by atoms with Gasteiger partial charge < -0.3 is 9.47 Å². The van der Waals surface area contributed by atoms with Gasteiger partial charge in [-0.25, -0.2) is 0 Å². The maximum Gasteiger partial charge on any atom is 0.173 e. The van der Waals surface area contributed by atoms with Crippen LogP contribution in [0.4, 0.5) is 0 Å². The molecule has 2 aliphatic carbocycles. The molecule has 0 aromatic rings. The average molecular weight is 312 g/mol. The van der Waals surface area contributed by atoms with Crippen molar-refractivity contribution in [2.24, 2.45) is 11.8 Å². The van der Waals surface area contributed by atoms with Crippen molar-refractivity contribution in [3.05, 3.63) is 0 Å². The summed E-state index contributed by atoms with van der Waals surface area (Å²) in [7, 11) is 0. The first-order chi connectivity index (χ1) is 6.17. The minimum absolute atomic E-state index is 0.0981. The van der Waals surface area contributed by atoms with Crippen molar-refractivity contribution in [1.29, 1.82) is 0 Å². The van der Waals surface area contributed by atoms with Gasteiger partial charge in [0.15, 0.2) is 5.79 Å². The molecule has 2 atom stereocenters. The van der Waals surface area contributed by atoms with E-state index < -0.39 is 0 Å². The fourth-order valence-electron chi connectivity index (χ4n) is 2.87. The van der Waals surface area contributed by atoms with Crippen molar-refractivity contribution in [1.82, 2.24) is 0 Å². The van der Waals surface area contributed by atoms with Crippen molar-refractivity contribution in [2.45, 2.75) is 28.3 Å². The first-order valence-electron chi connectivity index (χ1n) is 4.82. The summed E-state index contributed by atoms with van der Waals surface area (Å²) in [6, 6.07) is 0. The van der Waals surface area contributed by atoms with E-state index >= 15 is 0 Å². The van der Waals surface area contributed by atoms with Gasteiger partial charge in [-0.05, 0) is 18.8 Å². The zero-order valence-corrected chi connectivity index (χ0v) is 10.4. The minimum atomic E-state index is -0.254. The second-order valence-electron chi connectivity index (χ2n) is 4.16. The van der Waals surface area contributed by atoms with E-state index in [-0.39, 0.29) is 9.02 Å². The SMILES string of the molecule is BrC1(Br)[C@H]2CCCC3(OCCO3)[C@H]21. The summed E-state index contributed by atoms with van der Waals surface area (Å²) >= 11 is 7.44. The molecule has 3 rings (SSSR count). The van der Waals surface area contributed by atoms with Gasteiger partial charge in [0.05, 0.1) is 16.4 Å². The standard InChI is InChI=1S/C9H12Br2O2/c10-9(11)6-2-1-3-8(7(6)9)12-4-5-13-8/h6-7H,1-5H2/t6-,7-/m0/s1. The van der Waals surface area contributed by atoms with Gasteiger partial charge in [-0.1, -0.05) is 31.9 Å². The quantitative estimate of drug-likeness (QED) is 0.640. The highest BCUT2D eigenvalue weighted by atomic mass is 79.9. The third-order valence-electron chi connectivity index (χ3n) is 3.49. The Kier molecular flexibility index (Phi) is 1.91. The van der Waals surface area contributed by atoms with Crippen LogP contribution in [0.1, 0.15) is 19.3 Å². The van der Waals surface area contributed by atoms with Crippen LogP contribution in [0, 0.1) is 11.8 Å². The van der Waals surface area contributed by atoms with Crippen molar-refractivity contribution in [3.63, 3.8) is 0 Å². The van der Waals surface area contributed by atoms with E-state index in [1.165, 1.54) is 12.8 Å². The summed E-state index contributed by atoms with van der Waals surface area (Å²) < 4.78 is 11.7. The second-order valence-corrected chi connectivity index (χ2v) is 7.85. The Balaban J connectivity index is 1.89. The Morgan fingerprint density at radius 3 is 2.54 bits per heavy atom. The Morgan fingerprint density at radius 2 is 1.85 bits per heavy atom. The topological polar surface area (TPSA) is 18.5 Å². The Hall–Kier alpha value is 0.880. The minimum Gasteiger partial charge on any atom is -0.347 e. The molecule has 1 saturated heterocycles. The highest BCUT2D eigenvalue weighted by Gasteiger charge is 2.73. The predicted octanol–water partition coefficient (Wildman–Crippen LogP) is 2.65. The normalized spacial score (nSPS) is 44.8. The van der Waals surface area contributed by atoms with Gasteiger partial charge in [0.2, 0.25) is 0 Å². The van der Waals surface area contributed by atoms with Crippen LogP contribution in [0.15, 0.2) is 0 Å². The lowest BCUT2D eigenvalue weighted by Crippen LogP contribution is -2.36. The van der Waals surface area contributed by atoms with Gasteiger partial charge in [0.25, 0.3) is 0 Å². The zero-order valence-electron chi connectivity index (χ0n) is 7.26. The van der Waals surface area contributed by atoms with Crippen molar-refractivity contribution >= 4 is 31.9 Å². The molecule has 0 N–H and O–H groups in total. The first-order valence-corrected chi connectivity index (χ1v) is 6.41. The molecule has 3 fully saturated rings. The third kappa shape index (κ3) is 1.12. The molecule has 13 heavy (non-hydrogen) atoms. The fourth-order valence-corrected chi connectivity index (χ4v) is 4.93. The van der Waals surface area contributed by atoms with Crippen LogP contribution < -0.4 is 0 Å². The van der Waals surface area contributed by atoms with Crippen molar-refractivity contribution < 1.29 is 9.47 Å². The predicted molar refractivity (Wildman–Crippen MR) is 56.1 cm³/mol. The molecule has 0 aromatic carbocycles. The molecule has 1 aliphatic heterocycles. The molecule has 2 nitrogen and oxygen atoms in total. The van der Waals surface area contributed by atoms with E-state index in [9.17, 15) is 0 Å². The van der Waals surface area contributed by atoms with Crippen LogP contribution in [0.25, 0.3) is 0 Å². The second kappa shape index (κ2) is 2.71. The maximum atomic E-state index is 5.79. The number of fused-ring (bicyclic) bond motifs is 2. The molecule has 1 heterocycles. The van der Waals surface area contributed by atoms with Gasteiger partial charge >= 0.3 is 0 Å². The number of hydrogen-bond donors (Lipinski definition) is 0. The van der Waals surface area contributed by atoms with Crippen molar-refractivity contribution in [3.8, 4) is 0 Å². The van der Waals surface area contributed by atoms with Gasteiger partial charge in [0, 0.05) is 12.3 Å². The highest BCUT2D eigenvalue weighted by molar-refractivity contribution is 9.25. The molecule has 74 valence electrons. The van der Waals surface area contributed by atoms with E-state index in [0.717, 1.165) is 19.6 Å².